The average Bonchev–Trinajstić information content (AvgIpc) is 4.06. The standard InChI is InChI=1S/C48H24N8.C7H15O4.Al/c1-2-10-26-18-34-33(17-25(26)9-1)41-49-42(34)54-44-37-21-29-13-5-6-14-30(29)22-38(37)46(51-44)56-48-40-24-32-16-8-7-15-31(32)23-39(40)47(52-48)55-45-36-20-28-12-4-3-11-27(28)19-35(36)43(50-45)53-41;1-9-4-5-11-7-6-10-3-2-8;/h1-24H;2-7H2,1H3;/q-2;-1;+3. The number of ether oxygens (including phenoxy) is 3. The second-order valence-electron chi connectivity index (χ2n) is 17.4. The molecule has 4 aliphatic heterocycles. The first-order valence-corrected chi connectivity index (χ1v) is 24.4. The van der Waals surface area contributed by atoms with E-state index in [1.54, 1.807) is 7.11 Å². The lowest BCUT2D eigenvalue weighted by atomic mass is 10.0. The van der Waals surface area contributed by atoms with Crippen LogP contribution in [0.15, 0.2) is 176 Å². The number of hydrogen-bond donors (Lipinski definition) is 0. The summed E-state index contributed by atoms with van der Waals surface area (Å²) in [5.74, 6) is 3.69. The Labute approximate surface area is 393 Å². The lowest BCUT2D eigenvalue weighted by Crippen LogP contribution is -2.49. The van der Waals surface area contributed by atoms with E-state index in [0.717, 1.165) is 86.9 Å². The molecule has 0 N–H and O–H groups in total. The zero-order valence-corrected chi connectivity index (χ0v) is 38.0. The molecule has 6 bridgehead atoms. The molecule has 0 aliphatic carbocycles. The van der Waals surface area contributed by atoms with Crippen LogP contribution in [-0.2, 0) is 18.0 Å². The largest absolute Gasteiger partial charge is 0.810 e. The fraction of sp³-hybridized carbons (Fsp3) is 0.127. The molecule has 13 heteroatoms. The highest BCUT2D eigenvalue weighted by atomic mass is 27.2. The second kappa shape index (κ2) is 15.8. The minimum atomic E-state index is -3.14. The smallest absolute Gasteiger partial charge is 0.463 e. The molecule has 10 aromatic rings. The van der Waals surface area contributed by atoms with Crippen LogP contribution in [0.5, 0.6) is 0 Å². The average molecular weight is 903 g/mol. The summed E-state index contributed by atoms with van der Waals surface area (Å²) in [6, 6.07) is 51.4. The van der Waals surface area contributed by atoms with Gasteiger partial charge in [-0.25, -0.2) is 30.0 Å². The van der Waals surface area contributed by atoms with Crippen molar-refractivity contribution >= 4 is 115 Å². The van der Waals surface area contributed by atoms with Crippen molar-refractivity contribution in [1.82, 2.24) is 7.10 Å². The Morgan fingerprint density at radius 2 is 0.706 bits per heavy atom. The van der Waals surface area contributed by atoms with E-state index in [-0.39, 0.29) is 6.61 Å². The summed E-state index contributed by atoms with van der Waals surface area (Å²) in [5.41, 5.74) is 5.02. The maximum absolute atomic E-state index is 7.42. The van der Waals surface area contributed by atoms with E-state index in [1.165, 1.54) is 0 Å². The number of rotatable bonds is 10. The molecule has 68 heavy (non-hydrogen) atoms. The van der Waals surface area contributed by atoms with E-state index in [0.29, 0.717) is 79.0 Å². The van der Waals surface area contributed by atoms with Gasteiger partial charge >= 0.3 is 14.9 Å². The highest BCUT2D eigenvalue weighted by Crippen LogP contribution is 2.43. The van der Waals surface area contributed by atoms with Crippen molar-refractivity contribution in [2.24, 2.45) is 30.0 Å². The van der Waals surface area contributed by atoms with Crippen LogP contribution < -0.4 is 11.0 Å². The first kappa shape index (κ1) is 39.7. The van der Waals surface area contributed by atoms with Crippen molar-refractivity contribution in [2.45, 2.75) is 0 Å². The first-order chi connectivity index (χ1) is 33.6. The van der Waals surface area contributed by atoms with E-state index in [9.17, 15) is 0 Å². The molecule has 8 aromatic carbocycles. The molecule has 0 radical (unpaired) electrons. The van der Waals surface area contributed by atoms with Gasteiger partial charge in [0.25, 0.3) is 0 Å². The molecule has 12 nitrogen and oxygen atoms in total. The summed E-state index contributed by atoms with van der Waals surface area (Å²) in [5, 5.41) is 12.4. The van der Waals surface area contributed by atoms with Gasteiger partial charge in [0.2, 0.25) is 0 Å². The maximum Gasteiger partial charge on any atom is 0.810 e. The van der Waals surface area contributed by atoms with Gasteiger partial charge in [-0.2, -0.15) is 0 Å². The molecular formula is C55H39AlN8O4. The molecule has 326 valence electrons. The third-order valence-electron chi connectivity index (χ3n) is 13.4. The Morgan fingerprint density at radius 1 is 0.368 bits per heavy atom. The maximum atomic E-state index is 7.42. The highest BCUT2D eigenvalue weighted by Gasteiger charge is 2.42. The third kappa shape index (κ3) is 6.29. The summed E-state index contributed by atoms with van der Waals surface area (Å²) in [6.45, 7) is 2.49. The van der Waals surface area contributed by atoms with Gasteiger partial charge in [-0.05, 0) is 91.6 Å². The molecule has 0 saturated carbocycles. The molecule has 6 heterocycles. The van der Waals surface area contributed by atoms with Gasteiger partial charge < -0.3 is 25.1 Å². The number of aromatic nitrogens is 2. The van der Waals surface area contributed by atoms with E-state index in [4.69, 9.17) is 48.0 Å². The molecule has 0 saturated heterocycles. The van der Waals surface area contributed by atoms with Crippen LogP contribution in [0.2, 0.25) is 0 Å². The molecule has 0 fully saturated rings. The van der Waals surface area contributed by atoms with Crippen molar-refractivity contribution < 1.29 is 18.0 Å². The van der Waals surface area contributed by atoms with Crippen molar-refractivity contribution in [3.63, 3.8) is 0 Å². The van der Waals surface area contributed by atoms with E-state index < -0.39 is 14.9 Å². The molecule has 4 aliphatic rings. The number of methoxy groups -OCH3 is 1. The van der Waals surface area contributed by atoms with Crippen molar-refractivity contribution in [3.05, 3.63) is 179 Å². The minimum absolute atomic E-state index is 0.270. The lowest BCUT2D eigenvalue weighted by molar-refractivity contribution is 0.0173. The van der Waals surface area contributed by atoms with Crippen molar-refractivity contribution in [3.8, 4) is 0 Å². The number of amidine groups is 4. The van der Waals surface area contributed by atoms with Gasteiger partial charge in [-0.1, -0.05) is 97.1 Å². The zero-order valence-electron chi connectivity index (χ0n) is 36.9. The van der Waals surface area contributed by atoms with Crippen molar-refractivity contribution in [1.29, 1.82) is 0 Å². The van der Waals surface area contributed by atoms with Gasteiger partial charge in [0.05, 0.1) is 33.0 Å². The first-order valence-electron chi connectivity index (χ1n) is 22.9. The van der Waals surface area contributed by atoms with Gasteiger partial charge in [0.1, 0.15) is 22.6 Å². The number of hydrogen-bond acceptors (Lipinski definition) is 10. The zero-order chi connectivity index (χ0) is 44.9. The second-order valence-corrected chi connectivity index (χ2v) is 19.4. The molecule has 0 unspecified atom stereocenters. The lowest BCUT2D eigenvalue weighted by Gasteiger charge is -2.19. The van der Waals surface area contributed by atoms with E-state index in [1.807, 2.05) is 0 Å². The van der Waals surface area contributed by atoms with Gasteiger partial charge in [-0.15, -0.1) is 0 Å². The minimum Gasteiger partial charge on any atom is -0.463 e. The molecule has 0 spiro atoms. The highest BCUT2D eigenvalue weighted by molar-refractivity contribution is 6.51. The van der Waals surface area contributed by atoms with Crippen molar-refractivity contribution in [2.75, 3.05) is 46.8 Å². The monoisotopic (exact) mass is 902 g/mol. The Kier molecular flexibility index (Phi) is 9.23. The predicted molar refractivity (Wildman–Crippen MR) is 271 cm³/mol. The van der Waals surface area contributed by atoms with Crippen LogP contribution in [0, 0.1) is 0 Å². The molecule has 0 atom stereocenters. The molecule has 0 amide bonds. The third-order valence-corrected chi connectivity index (χ3v) is 15.8. The van der Waals surface area contributed by atoms with Gasteiger partial charge in [-0.3, -0.25) is 0 Å². The van der Waals surface area contributed by atoms with Gasteiger partial charge in [0, 0.05) is 57.5 Å². The predicted octanol–water partition coefficient (Wildman–Crippen LogP) is 9.23. The fourth-order valence-electron chi connectivity index (χ4n) is 10.2. The number of benzene rings is 8. The van der Waals surface area contributed by atoms with Crippen LogP contribution in [0.25, 0.3) is 64.6 Å². The molecule has 2 aromatic heterocycles. The number of nitrogens with zero attached hydrogens (tertiary/aromatic N) is 8. The van der Waals surface area contributed by atoms with E-state index >= 15 is 0 Å². The summed E-state index contributed by atoms with van der Waals surface area (Å²) in [4.78, 5) is 33.4. The summed E-state index contributed by atoms with van der Waals surface area (Å²) >= 11 is -3.14. The summed E-state index contributed by atoms with van der Waals surface area (Å²) < 4.78 is 29.0. The van der Waals surface area contributed by atoms with Crippen LogP contribution in [-0.4, -0.2) is 92.1 Å². The topological polar surface area (TPSA) is 121 Å². The summed E-state index contributed by atoms with van der Waals surface area (Å²) in [6.07, 6.45) is 0. The Balaban J connectivity index is 1.13. The normalized spacial score (nSPS) is 14.5. The fourth-order valence-corrected chi connectivity index (χ4v) is 12.6. The molecular weight excluding hydrogens is 864 g/mol. The summed E-state index contributed by atoms with van der Waals surface area (Å²) in [7, 11) is 1.67. The van der Waals surface area contributed by atoms with Crippen LogP contribution >= 0.6 is 0 Å². The SMILES string of the molecule is COCCOCCOCC[O][Al]1[n]2c3c4cc5ccccc5cc4c2N=C2N=C(N=c4c5cc6ccccc6cc5c([n]41)=NC1=NC(=N3)c3cc4ccccc4cc31)c1cc3ccccc3cc12. The van der Waals surface area contributed by atoms with Crippen LogP contribution in [0.3, 0.4) is 0 Å². The van der Waals surface area contributed by atoms with Crippen LogP contribution in [0.4, 0.5) is 11.6 Å². The Bertz CT molecular complexity index is 3850. The van der Waals surface area contributed by atoms with Crippen LogP contribution in [0.1, 0.15) is 22.3 Å². The Hall–Kier alpha value is -7.47. The molecule has 14 rings (SSSR count). The Morgan fingerprint density at radius 3 is 1.10 bits per heavy atom. The number of aliphatic imine (C=N–C) groups is 4. The van der Waals surface area contributed by atoms with Gasteiger partial charge in [0.15, 0.2) is 23.3 Å². The van der Waals surface area contributed by atoms with E-state index in [2.05, 4.69) is 153 Å². The quantitative estimate of drug-likeness (QED) is 0.100. The number of fused-ring (bicyclic) bond motifs is 18.